The Balaban J connectivity index is 1.43. The maximum Gasteiger partial charge on any atom is 0.417 e. The van der Waals surface area contributed by atoms with Crippen molar-refractivity contribution in [1.29, 1.82) is 0 Å². The van der Waals surface area contributed by atoms with E-state index in [0.717, 1.165) is 12.6 Å². The van der Waals surface area contributed by atoms with Crippen LogP contribution in [0.25, 0.3) is 21.2 Å². The minimum atomic E-state index is -4.54. The largest absolute Gasteiger partial charge is 0.478 e. The summed E-state index contributed by atoms with van der Waals surface area (Å²) >= 11 is 7.12. The molecule has 2 aromatic carbocycles. The fourth-order valence-electron chi connectivity index (χ4n) is 4.61. The van der Waals surface area contributed by atoms with Gasteiger partial charge in [0.25, 0.3) is 0 Å². The number of hydrogen-bond acceptors (Lipinski definition) is 5. The zero-order valence-corrected chi connectivity index (χ0v) is 20.3. The summed E-state index contributed by atoms with van der Waals surface area (Å²) in [6, 6.07) is 8.07. The molecule has 5 rings (SSSR count). The van der Waals surface area contributed by atoms with E-state index in [2.05, 4.69) is 5.32 Å². The number of fused-ring (bicyclic) bond motifs is 1. The second kappa shape index (κ2) is 9.61. The summed E-state index contributed by atoms with van der Waals surface area (Å²) in [6.07, 6.45) is -0.964. The van der Waals surface area contributed by atoms with Crippen LogP contribution in [0.5, 0.6) is 0 Å². The lowest BCUT2D eigenvalue weighted by Crippen LogP contribution is -2.49. The molecule has 2 heterocycles. The summed E-state index contributed by atoms with van der Waals surface area (Å²) in [7, 11) is 0. The molecule has 186 valence electrons. The Hall–Kier alpha value is -2.33. The average molecular weight is 525 g/mol. The molecule has 0 radical (unpaired) electrons. The van der Waals surface area contributed by atoms with Crippen molar-refractivity contribution >= 4 is 44.7 Å². The van der Waals surface area contributed by atoms with Crippen LogP contribution in [-0.4, -0.2) is 49.5 Å². The average Bonchev–Trinajstić information content (AvgIpc) is 3.19. The van der Waals surface area contributed by atoms with Crippen LogP contribution in [0, 0.1) is 0 Å². The minimum absolute atomic E-state index is 0.0311. The summed E-state index contributed by atoms with van der Waals surface area (Å²) in [4.78, 5) is 14.2. The third kappa shape index (κ3) is 5.00. The highest BCUT2D eigenvalue weighted by atomic mass is 35.5. The van der Waals surface area contributed by atoms with Crippen LogP contribution in [0.15, 0.2) is 35.7 Å². The van der Waals surface area contributed by atoms with E-state index in [1.807, 2.05) is 11.0 Å². The summed E-state index contributed by atoms with van der Waals surface area (Å²) in [5.41, 5.74) is 1.14. The second-order valence-electron chi connectivity index (χ2n) is 8.99. The molecule has 1 aliphatic carbocycles. The van der Waals surface area contributed by atoms with Crippen molar-refractivity contribution in [2.24, 2.45) is 0 Å². The number of benzene rings is 2. The van der Waals surface area contributed by atoms with Gasteiger partial charge in [0.2, 0.25) is 0 Å². The molecule has 0 amide bonds. The van der Waals surface area contributed by atoms with Crippen LogP contribution in [0.4, 0.5) is 18.9 Å². The summed E-state index contributed by atoms with van der Waals surface area (Å²) in [6.45, 7) is 2.39. The van der Waals surface area contributed by atoms with Crippen LogP contribution >= 0.6 is 22.9 Å². The molecule has 2 fully saturated rings. The van der Waals surface area contributed by atoms with E-state index in [4.69, 9.17) is 16.3 Å². The highest BCUT2D eigenvalue weighted by Gasteiger charge is 2.34. The Morgan fingerprint density at radius 2 is 2.06 bits per heavy atom. The third-order valence-electron chi connectivity index (χ3n) is 6.73. The predicted molar refractivity (Wildman–Crippen MR) is 132 cm³/mol. The van der Waals surface area contributed by atoms with E-state index >= 15 is 0 Å². The topological polar surface area (TPSA) is 61.8 Å². The minimum Gasteiger partial charge on any atom is -0.478 e. The smallest absolute Gasteiger partial charge is 0.417 e. The van der Waals surface area contributed by atoms with Gasteiger partial charge >= 0.3 is 12.1 Å². The first-order valence-electron chi connectivity index (χ1n) is 11.5. The molecule has 1 atom stereocenters. The number of aromatic carboxylic acids is 1. The molecule has 10 heteroatoms. The van der Waals surface area contributed by atoms with Gasteiger partial charge in [0.1, 0.15) is 0 Å². The van der Waals surface area contributed by atoms with Crippen molar-refractivity contribution in [3.05, 3.63) is 51.9 Å². The number of alkyl halides is 3. The molecule has 5 nitrogen and oxygen atoms in total. The lowest BCUT2D eigenvalue weighted by atomic mass is 9.93. The summed E-state index contributed by atoms with van der Waals surface area (Å²) in [5, 5.41) is 15.4. The first kappa shape index (κ1) is 24.4. The predicted octanol–water partition coefficient (Wildman–Crippen LogP) is 6.29. The quantitative estimate of drug-likeness (QED) is 0.397. The molecule has 2 N–H and O–H groups in total. The number of carboxylic acids is 1. The Morgan fingerprint density at radius 3 is 2.74 bits per heavy atom. The van der Waals surface area contributed by atoms with Crippen LogP contribution in [0.2, 0.25) is 5.02 Å². The lowest BCUT2D eigenvalue weighted by molar-refractivity contribution is -0.137. The monoisotopic (exact) mass is 524 g/mol. The lowest BCUT2D eigenvalue weighted by Gasteiger charge is -2.37. The number of carboxylic acid groups (broad SMARTS) is 1. The maximum absolute atomic E-state index is 13.2. The molecule has 1 saturated carbocycles. The first-order chi connectivity index (χ1) is 16.7. The van der Waals surface area contributed by atoms with E-state index in [1.165, 1.54) is 36.7 Å². The maximum atomic E-state index is 13.2. The number of anilines is 1. The van der Waals surface area contributed by atoms with Gasteiger partial charge < -0.3 is 20.1 Å². The zero-order valence-electron chi connectivity index (χ0n) is 18.7. The molecule has 0 unspecified atom stereocenters. The molecular weight excluding hydrogens is 501 g/mol. The van der Waals surface area contributed by atoms with E-state index in [0.29, 0.717) is 52.6 Å². The van der Waals surface area contributed by atoms with Crippen LogP contribution < -0.4 is 10.2 Å². The molecule has 1 saturated heterocycles. The fourth-order valence-corrected chi connectivity index (χ4v) is 5.87. The van der Waals surface area contributed by atoms with Gasteiger partial charge in [0.15, 0.2) is 0 Å². The van der Waals surface area contributed by atoms with Gasteiger partial charge in [0, 0.05) is 41.3 Å². The van der Waals surface area contributed by atoms with Crippen LogP contribution in [0.3, 0.4) is 0 Å². The molecule has 3 aromatic rings. The van der Waals surface area contributed by atoms with Crippen molar-refractivity contribution in [3.63, 3.8) is 0 Å². The van der Waals surface area contributed by atoms with Gasteiger partial charge in [-0.3, -0.25) is 0 Å². The van der Waals surface area contributed by atoms with Crippen molar-refractivity contribution < 1.29 is 27.8 Å². The van der Waals surface area contributed by atoms with Crippen molar-refractivity contribution in [3.8, 4) is 11.1 Å². The second-order valence-corrected chi connectivity index (χ2v) is 10.3. The number of nitrogens with one attached hydrogen (secondary N) is 1. The standard InChI is InChI=1S/C25H24ClF3N2O3S/c26-21-9-17-19(13-35-23(17)10-20(21)25(27,28)29)14-4-5-22(18(8-14)24(32)33)31-6-7-34-16(12-31)11-30-15-2-1-3-15/h4-5,8-10,13,15-16,30H,1-3,6-7,11-12H2,(H,32,33)/t16-/m1/s1. The number of halogens is 4. The number of hydrogen-bond donors (Lipinski definition) is 2. The molecule has 2 aliphatic rings. The van der Waals surface area contributed by atoms with Gasteiger partial charge in [-0.05, 0) is 48.1 Å². The van der Waals surface area contributed by atoms with Crippen molar-refractivity contribution in [1.82, 2.24) is 5.32 Å². The highest BCUT2D eigenvalue weighted by molar-refractivity contribution is 7.17. The molecule has 0 spiro atoms. The first-order valence-corrected chi connectivity index (χ1v) is 12.7. The van der Waals surface area contributed by atoms with E-state index in [-0.39, 0.29) is 16.7 Å². The SMILES string of the molecule is O=C(O)c1cc(-c2csc3cc(C(F)(F)F)c(Cl)cc23)ccc1N1CCO[C@H](CNC2CCC2)C1. The summed E-state index contributed by atoms with van der Waals surface area (Å²) in [5.74, 6) is -1.06. The molecule has 35 heavy (non-hydrogen) atoms. The van der Waals surface area contributed by atoms with Crippen LogP contribution in [0.1, 0.15) is 35.2 Å². The third-order valence-corrected chi connectivity index (χ3v) is 7.98. The van der Waals surface area contributed by atoms with Gasteiger partial charge in [-0.2, -0.15) is 13.2 Å². The van der Waals surface area contributed by atoms with Crippen molar-refractivity contribution in [2.75, 3.05) is 31.1 Å². The Bertz CT molecular complexity index is 1260. The van der Waals surface area contributed by atoms with Crippen molar-refractivity contribution in [2.45, 2.75) is 37.6 Å². The van der Waals surface area contributed by atoms with Gasteiger partial charge in [-0.15, -0.1) is 11.3 Å². The fraction of sp³-hybridized carbons (Fsp3) is 0.400. The number of nitrogens with zero attached hydrogens (tertiary/aromatic N) is 1. The van der Waals surface area contributed by atoms with Gasteiger partial charge in [0.05, 0.1) is 34.5 Å². The molecular formula is C25H24ClF3N2O3S. The van der Waals surface area contributed by atoms with Gasteiger partial charge in [-0.1, -0.05) is 24.1 Å². The number of morpholine rings is 1. The Labute approximate surface area is 209 Å². The number of ether oxygens (including phenoxy) is 1. The zero-order chi connectivity index (χ0) is 24.7. The van der Waals surface area contributed by atoms with E-state index in [1.54, 1.807) is 17.5 Å². The number of thiophene rings is 1. The van der Waals surface area contributed by atoms with E-state index < -0.39 is 17.7 Å². The normalized spacial score (nSPS) is 19.2. The molecule has 1 aromatic heterocycles. The number of carbonyl (C=O) groups is 1. The summed E-state index contributed by atoms with van der Waals surface area (Å²) < 4.78 is 46.0. The van der Waals surface area contributed by atoms with Crippen LogP contribution in [-0.2, 0) is 10.9 Å². The number of rotatable bonds is 6. The van der Waals surface area contributed by atoms with Gasteiger partial charge in [-0.25, -0.2) is 4.79 Å². The Morgan fingerprint density at radius 1 is 1.26 bits per heavy atom. The molecule has 0 bridgehead atoms. The van der Waals surface area contributed by atoms with E-state index in [9.17, 15) is 23.1 Å². The molecule has 1 aliphatic heterocycles. The Kier molecular flexibility index (Phi) is 6.69. The highest BCUT2D eigenvalue weighted by Crippen LogP contribution is 2.42.